The summed E-state index contributed by atoms with van der Waals surface area (Å²) in [6.45, 7) is 2.58. The first-order valence-electron chi connectivity index (χ1n) is 6.22. The molecule has 0 radical (unpaired) electrons. The van der Waals surface area contributed by atoms with Crippen LogP contribution in [0.15, 0.2) is 12.1 Å². The lowest BCUT2D eigenvalue weighted by atomic mass is 9.97. The Balaban J connectivity index is 2.67. The van der Waals surface area contributed by atoms with Gasteiger partial charge in [-0.15, -0.1) is 5.10 Å². The fourth-order valence-corrected chi connectivity index (χ4v) is 2.01. The molecule has 0 amide bonds. The van der Waals surface area contributed by atoms with E-state index in [-0.39, 0.29) is 12.3 Å². The van der Waals surface area contributed by atoms with Crippen molar-refractivity contribution in [3.05, 3.63) is 34.8 Å². The van der Waals surface area contributed by atoms with Gasteiger partial charge in [0.2, 0.25) is 0 Å². The molecular formula is C13H11F4N3O2. The van der Waals surface area contributed by atoms with Gasteiger partial charge in [-0.1, -0.05) is 0 Å². The Bertz CT molecular complexity index is 710. The Hall–Kier alpha value is -2.45. The van der Waals surface area contributed by atoms with Crippen LogP contribution in [-0.4, -0.2) is 28.0 Å². The maximum absolute atomic E-state index is 13.5. The Labute approximate surface area is 122 Å². The predicted octanol–water partition coefficient (Wildman–Crippen LogP) is 3.11. The lowest BCUT2D eigenvalue weighted by Gasteiger charge is -2.15. The Kier molecular flexibility index (Phi) is 4.16. The summed E-state index contributed by atoms with van der Waals surface area (Å²) < 4.78 is 57.8. The molecule has 0 unspecified atom stereocenters. The van der Waals surface area contributed by atoms with Crippen LogP contribution in [0.5, 0.6) is 0 Å². The third-order valence-corrected chi connectivity index (χ3v) is 2.95. The van der Waals surface area contributed by atoms with Gasteiger partial charge in [0.15, 0.2) is 5.69 Å². The number of aromatic amines is 1. The number of rotatable bonds is 3. The molecule has 9 heteroatoms. The maximum Gasteiger partial charge on any atom is 0.417 e. The van der Waals surface area contributed by atoms with E-state index in [0.29, 0.717) is 0 Å². The highest BCUT2D eigenvalue weighted by Gasteiger charge is 2.38. The molecule has 0 atom stereocenters. The standard InChI is InChI=1S/C13H11F4N3O2/c1-3-22-12(21)11-10(18-20-19-11)7-4-5-8(14)6(2)9(7)13(15,16)17/h4-5H,3H2,1-2H3,(H,18,19,20). The number of carbonyl (C=O) groups excluding carboxylic acids is 1. The molecule has 1 aromatic heterocycles. The molecular weight excluding hydrogens is 306 g/mol. The van der Waals surface area contributed by atoms with Gasteiger partial charge in [0, 0.05) is 5.56 Å². The number of esters is 1. The van der Waals surface area contributed by atoms with Gasteiger partial charge in [0.25, 0.3) is 0 Å². The van der Waals surface area contributed by atoms with Gasteiger partial charge in [-0.3, -0.25) is 0 Å². The minimum atomic E-state index is -4.81. The zero-order chi connectivity index (χ0) is 16.5. The van der Waals surface area contributed by atoms with Gasteiger partial charge >= 0.3 is 12.1 Å². The van der Waals surface area contributed by atoms with Crippen LogP contribution < -0.4 is 0 Å². The average molecular weight is 317 g/mol. The highest BCUT2D eigenvalue weighted by molar-refractivity contribution is 5.94. The molecule has 5 nitrogen and oxygen atoms in total. The van der Waals surface area contributed by atoms with E-state index >= 15 is 0 Å². The summed E-state index contributed by atoms with van der Waals surface area (Å²) in [6.07, 6.45) is -4.81. The molecule has 1 aromatic carbocycles. The number of hydrogen-bond acceptors (Lipinski definition) is 4. The number of nitrogens with one attached hydrogen (secondary N) is 1. The summed E-state index contributed by atoms with van der Waals surface area (Å²) in [5.41, 5.74) is -2.95. The van der Waals surface area contributed by atoms with Crippen LogP contribution in [0.2, 0.25) is 0 Å². The molecule has 0 bridgehead atoms. The van der Waals surface area contributed by atoms with Crippen molar-refractivity contribution in [2.75, 3.05) is 6.61 Å². The van der Waals surface area contributed by atoms with Gasteiger partial charge in [-0.25, -0.2) is 9.18 Å². The molecule has 0 saturated heterocycles. The van der Waals surface area contributed by atoms with Gasteiger partial charge in [0.05, 0.1) is 12.2 Å². The molecule has 1 N–H and O–H groups in total. The molecule has 0 aliphatic rings. The SMILES string of the molecule is CCOC(=O)c1n[nH]nc1-c1ccc(F)c(C)c1C(F)(F)F. The van der Waals surface area contributed by atoms with Crippen molar-refractivity contribution in [1.29, 1.82) is 0 Å². The first kappa shape index (κ1) is 15.9. The van der Waals surface area contributed by atoms with Crippen molar-refractivity contribution in [2.45, 2.75) is 20.0 Å². The van der Waals surface area contributed by atoms with E-state index < -0.39 is 40.3 Å². The van der Waals surface area contributed by atoms with Crippen molar-refractivity contribution in [1.82, 2.24) is 15.4 Å². The highest BCUT2D eigenvalue weighted by atomic mass is 19.4. The molecule has 2 rings (SSSR count). The van der Waals surface area contributed by atoms with Crippen molar-refractivity contribution >= 4 is 5.97 Å². The fraction of sp³-hybridized carbons (Fsp3) is 0.308. The van der Waals surface area contributed by atoms with Crippen molar-refractivity contribution in [2.24, 2.45) is 0 Å². The molecule has 0 aliphatic carbocycles. The number of hydrogen-bond donors (Lipinski definition) is 1. The Morgan fingerprint density at radius 1 is 1.32 bits per heavy atom. The summed E-state index contributed by atoms with van der Waals surface area (Å²) in [4.78, 5) is 11.7. The average Bonchev–Trinajstić information content (AvgIpc) is 2.89. The zero-order valence-electron chi connectivity index (χ0n) is 11.6. The zero-order valence-corrected chi connectivity index (χ0v) is 11.6. The van der Waals surface area contributed by atoms with Crippen LogP contribution in [0.3, 0.4) is 0 Å². The largest absolute Gasteiger partial charge is 0.461 e. The molecule has 0 spiro atoms. The van der Waals surface area contributed by atoms with Crippen LogP contribution in [0.4, 0.5) is 17.6 Å². The van der Waals surface area contributed by atoms with E-state index in [1.165, 1.54) is 0 Å². The monoisotopic (exact) mass is 317 g/mol. The summed E-state index contributed by atoms with van der Waals surface area (Å²) in [5.74, 6) is -1.92. The molecule has 0 fully saturated rings. The van der Waals surface area contributed by atoms with E-state index in [2.05, 4.69) is 15.4 Å². The second kappa shape index (κ2) is 5.74. The number of nitrogens with zero attached hydrogens (tertiary/aromatic N) is 2. The smallest absolute Gasteiger partial charge is 0.417 e. The van der Waals surface area contributed by atoms with E-state index in [9.17, 15) is 22.4 Å². The van der Waals surface area contributed by atoms with E-state index in [1.807, 2.05) is 0 Å². The number of aromatic nitrogens is 3. The molecule has 118 valence electrons. The van der Waals surface area contributed by atoms with Crippen LogP contribution in [-0.2, 0) is 10.9 Å². The molecule has 2 aromatic rings. The molecule has 1 heterocycles. The summed E-state index contributed by atoms with van der Waals surface area (Å²) in [6, 6.07) is 1.79. The van der Waals surface area contributed by atoms with Crippen LogP contribution in [0.1, 0.15) is 28.5 Å². The fourth-order valence-electron chi connectivity index (χ4n) is 2.01. The first-order valence-corrected chi connectivity index (χ1v) is 6.22. The van der Waals surface area contributed by atoms with E-state index in [4.69, 9.17) is 4.74 Å². The van der Waals surface area contributed by atoms with Gasteiger partial charge in [-0.2, -0.15) is 23.5 Å². The number of ether oxygens (including phenoxy) is 1. The second-order valence-corrected chi connectivity index (χ2v) is 4.33. The van der Waals surface area contributed by atoms with Crippen molar-refractivity contribution < 1.29 is 27.1 Å². The van der Waals surface area contributed by atoms with E-state index in [1.54, 1.807) is 6.92 Å². The summed E-state index contributed by atoms with van der Waals surface area (Å²) in [5, 5.41) is 9.18. The normalized spacial score (nSPS) is 11.5. The molecule has 0 saturated carbocycles. The van der Waals surface area contributed by atoms with Gasteiger partial charge < -0.3 is 4.74 Å². The number of halogens is 4. The summed E-state index contributed by atoms with van der Waals surface area (Å²) in [7, 11) is 0. The van der Waals surface area contributed by atoms with Crippen LogP contribution >= 0.6 is 0 Å². The lowest BCUT2D eigenvalue weighted by Crippen LogP contribution is -2.13. The molecule has 0 aliphatic heterocycles. The second-order valence-electron chi connectivity index (χ2n) is 4.33. The Morgan fingerprint density at radius 2 is 2.00 bits per heavy atom. The van der Waals surface area contributed by atoms with Crippen molar-refractivity contribution in [3.63, 3.8) is 0 Å². The number of benzene rings is 1. The van der Waals surface area contributed by atoms with Gasteiger partial charge in [-0.05, 0) is 31.5 Å². The third kappa shape index (κ3) is 2.78. The van der Waals surface area contributed by atoms with Crippen LogP contribution in [0.25, 0.3) is 11.3 Å². The quantitative estimate of drug-likeness (QED) is 0.697. The minimum Gasteiger partial charge on any atom is -0.461 e. The summed E-state index contributed by atoms with van der Waals surface area (Å²) >= 11 is 0. The minimum absolute atomic E-state index is 0.0275. The maximum atomic E-state index is 13.5. The highest BCUT2D eigenvalue weighted by Crippen LogP contribution is 2.40. The Morgan fingerprint density at radius 3 is 2.59 bits per heavy atom. The third-order valence-electron chi connectivity index (χ3n) is 2.95. The molecule has 22 heavy (non-hydrogen) atoms. The van der Waals surface area contributed by atoms with Gasteiger partial charge in [0.1, 0.15) is 11.5 Å². The van der Waals surface area contributed by atoms with E-state index in [0.717, 1.165) is 19.1 Å². The van der Waals surface area contributed by atoms with Crippen LogP contribution in [0, 0.1) is 12.7 Å². The lowest BCUT2D eigenvalue weighted by molar-refractivity contribution is -0.137. The number of H-pyrrole nitrogens is 1. The number of alkyl halides is 3. The number of carbonyl (C=O) groups is 1. The predicted molar refractivity (Wildman–Crippen MR) is 67.5 cm³/mol. The first-order chi connectivity index (χ1) is 10.3. The van der Waals surface area contributed by atoms with Crippen molar-refractivity contribution in [3.8, 4) is 11.3 Å². The topological polar surface area (TPSA) is 67.9 Å².